The number of nitrogens with zero attached hydrogens (tertiary/aromatic N) is 2. The zero-order valence-electron chi connectivity index (χ0n) is 8.57. The Morgan fingerprint density at radius 2 is 2.29 bits per heavy atom. The maximum absolute atomic E-state index is 5.70. The highest BCUT2D eigenvalue weighted by Crippen LogP contribution is 2.21. The number of aryl methyl sites for hydroxylation is 1. The highest BCUT2D eigenvalue weighted by molar-refractivity contribution is 5.35. The predicted molar refractivity (Wildman–Crippen MR) is 54.7 cm³/mol. The summed E-state index contributed by atoms with van der Waals surface area (Å²) in [5.74, 6) is 0.597. The summed E-state index contributed by atoms with van der Waals surface area (Å²) in [6.45, 7) is 2.48. The van der Waals surface area contributed by atoms with Crippen LogP contribution in [-0.2, 0) is 11.5 Å². The van der Waals surface area contributed by atoms with Crippen LogP contribution >= 0.6 is 0 Å². The molecule has 1 aromatic rings. The maximum Gasteiger partial charge on any atom is 0.148 e. The number of nitrogens with two attached hydrogens (primary N) is 1. The summed E-state index contributed by atoms with van der Waals surface area (Å²) in [5.41, 5.74) is 6.65. The predicted octanol–water partition coefficient (Wildman–Crippen LogP) is 1.69. The molecule has 78 valence electrons. The van der Waals surface area contributed by atoms with E-state index in [1.165, 1.54) is 25.7 Å². The van der Waals surface area contributed by atoms with Crippen molar-refractivity contribution in [1.29, 1.82) is 0 Å². The van der Waals surface area contributed by atoms with Crippen molar-refractivity contribution in [3.8, 4) is 0 Å². The molecular weight excluding hydrogens is 178 g/mol. The molecule has 0 spiro atoms. The van der Waals surface area contributed by atoms with Crippen LogP contribution in [0.3, 0.4) is 0 Å². The first-order valence-electron chi connectivity index (χ1n) is 5.17. The summed E-state index contributed by atoms with van der Waals surface area (Å²) in [6.07, 6.45) is 7.33. The molecule has 1 aliphatic carbocycles. The average molecular weight is 195 g/mol. The molecule has 0 saturated heterocycles. The third-order valence-corrected chi connectivity index (χ3v) is 2.73. The summed E-state index contributed by atoms with van der Waals surface area (Å²) < 4.78 is 7.47. The molecule has 1 aromatic heterocycles. The number of hydrogen-bond acceptors (Lipinski definition) is 3. The van der Waals surface area contributed by atoms with Crippen molar-refractivity contribution in [2.75, 3.05) is 5.73 Å². The lowest BCUT2D eigenvalue weighted by molar-refractivity contribution is 0.00558. The molecule has 0 amide bonds. The van der Waals surface area contributed by atoms with Crippen LogP contribution in [0.15, 0.2) is 6.20 Å². The van der Waals surface area contributed by atoms with Gasteiger partial charge in [-0.25, -0.2) is 4.68 Å². The van der Waals surface area contributed by atoms with Crippen LogP contribution in [0, 0.1) is 6.92 Å². The van der Waals surface area contributed by atoms with Crippen LogP contribution in [0.4, 0.5) is 5.82 Å². The van der Waals surface area contributed by atoms with E-state index in [2.05, 4.69) is 5.10 Å². The quantitative estimate of drug-likeness (QED) is 0.798. The van der Waals surface area contributed by atoms with Crippen molar-refractivity contribution >= 4 is 5.82 Å². The van der Waals surface area contributed by atoms with Crippen LogP contribution in [0.25, 0.3) is 0 Å². The van der Waals surface area contributed by atoms with E-state index >= 15 is 0 Å². The molecule has 4 nitrogen and oxygen atoms in total. The summed E-state index contributed by atoms with van der Waals surface area (Å²) in [4.78, 5) is 0. The lowest BCUT2D eigenvalue weighted by atomic mass is 10.3. The lowest BCUT2D eigenvalue weighted by Gasteiger charge is -2.10. The van der Waals surface area contributed by atoms with Crippen LogP contribution in [0.2, 0.25) is 0 Å². The van der Waals surface area contributed by atoms with Crippen LogP contribution in [-0.4, -0.2) is 15.9 Å². The zero-order chi connectivity index (χ0) is 9.97. The number of nitrogen functional groups attached to an aromatic ring is 1. The highest BCUT2D eigenvalue weighted by Gasteiger charge is 2.15. The Morgan fingerprint density at radius 1 is 1.57 bits per heavy atom. The molecular formula is C10H17N3O. The minimum absolute atomic E-state index is 0.431. The Balaban J connectivity index is 1.85. The molecule has 1 saturated carbocycles. The normalized spacial score (nSPS) is 17.8. The van der Waals surface area contributed by atoms with Gasteiger partial charge in [-0.3, -0.25) is 0 Å². The second kappa shape index (κ2) is 4.00. The third-order valence-electron chi connectivity index (χ3n) is 2.73. The molecule has 0 unspecified atom stereocenters. The van der Waals surface area contributed by atoms with Crippen molar-refractivity contribution < 1.29 is 4.74 Å². The van der Waals surface area contributed by atoms with E-state index in [0.717, 1.165) is 5.56 Å². The first kappa shape index (κ1) is 9.52. The van der Waals surface area contributed by atoms with E-state index in [9.17, 15) is 0 Å². The lowest BCUT2D eigenvalue weighted by Crippen LogP contribution is -2.12. The van der Waals surface area contributed by atoms with E-state index in [1.807, 2.05) is 13.1 Å². The van der Waals surface area contributed by atoms with E-state index in [0.29, 0.717) is 18.7 Å². The first-order chi connectivity index (χ1) is 6.75. The van der Waals surface area contributed by atoms with Gasteiger partial charge in [0, 0.05) is 11.8 Å². The summed E-state index contributed by atoms with van der Waals surface area (Å²) >= 11 is 0. The summed E-state index contributed by atoms with van der Waals surface area (Å²) in [7, 11) is 0. The Bertz CT molecular complexity index is 283. The monoisotopic (exact) mass is 195 g/mol. The van der Waals surface area contributed by atoms with Crippen molar-refractivity contribution in [1.82, 2.24) is 9.78 Å². The van der Waals surface area contributed by atoms with Crippen molar-refractivity contribution in [2.45, 2.75) is 45.4 Å². The van der Waals surface area contributed by atoms with Gasteiger partial charge in [0.1, 0.15) is 12.5 Å². The molecule has 0 bridgehead atoms. The highest BCUT2D eigenvalue weighted by atomic mass is 16.5. The van der Waals surface area contributed by atoms with Gasteiger partial charge in [0.25, 0.3) is 0 Å². The number of ether oxygens (including phenoxy) is 1. The second-order valence-electron chi connectivity index (χ2n) is 3.94. The van der Waals surface area contributed by atoms with E-state index in [4.69, 9.17) is 10.5 Å². The standard InChI is InChI=1S/C10H17N3O/c1-8-6-13(12-10(8)11)7-14-9-4-2-3-5-9/h6,9H,2-5,7H2,1H3,(H2,11,12). The molecule has 0 radical (unpaired) electrons. The molecule has 4 heteroatoms. The van der Waals surface area contributed by atoms with Gasteiger partial charge in [0.05, 0.1) is 6.10 Å². The number of aromatic nitrogens is 2. The van der Waals surface area contributed by atoms with Crippen molar-refractivity contribution in [3.05, 3.63) is 11.8 Å². The Labute approximate surface area is 84.0 Å². The van der Waals surface area contributed by atoms with Gasteiger partial charge in [-0.15, -0.1) is 0 Å². The summed E-state index contributed by atoms with van der Waals surface area (Å²) in [6, 6.07) is 0. The first-order valence-corrected chi connectivity index (χ1v) is 5.17. The van der Waals surface area contributed by atoms with Gasteiger partial charge in [0.15, 0.2) is 0 Å². The molecule has 14 heavy (non-hydrogen) atoms. The molecule has 0 atom stereocenters. The van der Waals surface area contributed by atoms with Crippen LogP contribution in [0.1, 0.15) is 31.2 Å². The molecule has 2 N–H and O–H groups in total. The minimum Gasteiger partial charge on any atom is -0.382 e. The number of anilines is 1. The maximum atomic E-state index is 5.70. The smallest absolute Gasteiger partial charge is 0.148 e. The van der Waals surface area contributed by atoms with Crippen LogP contribution in [0.5, 0.6) is 0 Å². The largest absolute Gasteiger partial charge is 0.382 e. The number of hydrogen-bond donors (Lipinski definition) is 1. The molecule has 0 aromatic carbocycles. The van der Waals surface area contributed by atoms with Crippen molar-refractivity contribution in [2.24, 2.45) is 0 Å². The fourth-order valence-electron chi connectivity index (χ4n) is 1.84. The number of rotatable bonds is 3. The summed E-state index contributed by atoms with van der Waals surface area (Å²) in [5, 5.41) is 4.14. The van der Waals surface area contributed by atoms with E-state index in [-0.39, 0.29) is 0 Å². The SMILES string of the molecule is Cc1cn(COC2CCCC2)nc1N. The minimum atomic E-state index is 0.431. The average Bonchev–Trinajstić information content (AvgIpc) is 2.74. The molecule has 1 aliphatic rings. The fraction of sp³-hybridized carbons (Fsp3) is 0.700. The fourth-order valence-corrected chi connectivity index (χ4v) is 1.84. The Kier molecular flexibility index (Phi) is 2.72. The topological polar surface area (TPSA) is 53.1 Å². The Morgan fingerprint density at radius 3 is 2.86 bits per heavy atom. The zero-order valence-corrected chi connectivity index (χ0v) is 8.57. The van der Waals surface area contributed by atoms with Gasteiger partial charge in [0.2, 0.25) is 0 Å². The van der Waals surface area contributed by atoms with Crippen LogP contribution < -0.4 is 5.73 Å². The van der Waals surface area contributed by atoms with Gasteiger partial charge < -0.3 is 10.5 Å². The van der Waals surface area contributed by atoms with Gasteiger partial charge in [-0.05, 0) is 19.8 Å². The van der Waals surface area contributed by atoms with E-state index < -0.39 is 0 Å². The third kappa shape index (κ3) is 2.07. The van der Waals surface area contributed by atoms with Crippen molar-refractivity contribution in [3.63, 3.8) is 0 Å². The second-order valence-corrected chi connectivity index (χ2v) is 3.94. The molecule has 1 heterocycles. The molecule has 1 fully saturated rings. The Hall–Kier alpha value is -1.03. The van der Waals surface area contributed by atoms with Gasteiger partial charge >= 0.3 is 0 Å². The molecule has 0 aliphatic heterocycles. The molecule has 2 rings (SSSR count). The van der Waals surface area contributed by atoms with Gasteiger partial charge in [-0.2, -0.15) is 5.10 Å². The van der Waals surface area contributed by atoms with E-state index in [1.54, 1.807) is 4.68 Å². The van der Waals surface area contributed by atoms with Gasteiger partial charge in [-0.1, -0.05) is 12.8 Å².